The van der Waals surface area contributed by atoms with Crippen LogP contribution in [0.4, 0.5) is 0 Å². The van der Waals surface area contributed by atoms with E-state index < -0.39 is 0 Å². The minimum absolute atomic E-state index is 0.0969. The zero-order chi connectivity index (χ0) is 16.5. The highest BCUT2D eigenvalue weighted by molar-refractivity contribution is 5.93. The van der Waals surface area contributed by atoms with Gasteiger partial charge in [0.25, 0.3) is 5.91 Å². The van der Waals surface area contributed by atoms with Gasteiger partial charge in [0, 0.05) is 37.6 Å². The fraction of sp³-hybridized carbons (Fsp3) is 0.294. The molecule has 0 saturated heterocycles. The quantitative estimate of drug-likeness (QED) is 0.724. The summed E-state index contributed by atoms with van der Waals surface area (Å²) >= 11 is 0. The lowest BCUT2D eigenvalue weighted by atomic mass is 10.2. The summed E-state index contributed by atoms with van der Waals surface area (Å²) in [5.74, 6) is 1.32. The Kier molecular flexibility index (Phi) is 6.38. The molecule has 2 rings (SSSR count). The van der Waals surface area contributed by atoms with E-state index in [9.17, 15) is 4.79 Å². The van der Waals surface area contributed by atoms with Gasteiger partial charge in [0.05, 0.1) is 14.2 Å². The highest BCUT2D eigenvalue weighted by Gasteiger charge is 2.05. The molecule has 0 saturated carbocycles. The van der Waals surface area contributed by atoms with Gasteiger partial charge in [0.1, 0.15) is 0 Å². The molecular formula is C17H21N3O3. The number of nitrogens with zero attached hydrogens (tertiary/aromatic N) is 1. The van der Waals surface area contributed by atoms with Gasteiger partial charge in [-0.05, 0) is 29.8 Å². The van der Waals surface area contributed by atoms with E-state index >= 15 is 0 Å². The third-order valence-electron chi connectivity index (χ3n) is 3.31. The SMILES string of the molecule is COc1ccc(CNCCNC(=O)c2ccncc2)cc1OC. The van der Waals surface area contributed by atoms with Gasteiger partial charge in [0.2, 0.25) is 0 Å². The Morgan fingerprint density at radius 3 is 2.48 bits per heavy atom. The lowest BCUT2D eigenvalue weighted by Crippen LogP contribution is -2.31. The number of benzene rings is 1. The third kappa shape index (κ3) is 4.96. The summed E-state index contributed by atoms with van der Waals surface area (Å²) in [5.41, 5.74) is 1.70. The number of carbonyl (C=O) groups is 1. The van der Waals surface area contributed by atoms with Crippen LogP contribution in [0, 0.1) is 0 Å². The van der Waals surface area contributed by atoms with E-state index in [-0.39, 0.29) is 5.91 Å². The van der Waals surface area contributed by atoms with E-state index in [1.807, 2.05) is 18.2 Å². The van der Waals surface area contributed by atoms with Crippen molar-refractivity contribution >= 4 is 5.91 Å². The molecule has 0 fully saturated rings. The fourth-order valence-electron chi connectivity index (χ4n) is 2.09. The van der Waals surface area contributed by atoms with Crippen molar-refractivity contribution in [2.75, 3.05) is 27.3 Å². The van der Waals surface area contributed by atoms with Gasteiger partial charge in [-0.3, -0.25) is 9.78 Å². The zero-order valence-electron chi connectivity index (χ0n) is 13.3. The number of hydrogen-bond donors (Lipinski definition) is 2. The maximum atomic E-state index is 11.8. The second kappa shape index (κ2) is 8.75. The van der Waals surface area contributed by atoms with E-state index in [2.05, 4.69) is 15.6 Å². The number of amides is 1. The molecule has 1 heterocycles. The second-order valence-electron chi connectivity index (χ2n) is 4.86. The first-order valence-corrected chi connectivity index (χ1v) is 7.34. The molecule has 0 aliphatic heterocycles. The molecule has 6 heteroatoms. The summed E-state index contributed by atoms with van der Waals surface area (Å²) in [6.45, 7) is 1.91. The largest absolute Gasteiger partial charge is 0.493 e. The molecule has 1 aromatic heterocycles. The number of ether oxygens (including phenoxy) is 2. The average molecular weight is 315 g/mol. The van der Waals surface area contributed by atoms with Gasteiger partial charge in [-0.1, -0.05) is 6.07 Å². The number of aromatic nitrogens is 1. The summed E-state index contributed by atoms with van der Waals surface area (Å²) in [4.78, 5) is 15.7. The average Bonchev–Trinajstić information content (AvgIpc) is 2.61. The van der Waals surface area contributed by atoms with Gasteiger partial charge in [-0.15, -0.1) is 0 Å². The van der Waals surface area contributed by atoms with Crippen molar-refractivity contribution in [3.05, 3.63) is 53.9 Å². The molecule has 0 aliphatic carbocycles. The number of carbonyl (C=O) groups excluding carboxylic acids is 1. The highest BCUT2D eigenvalue weighted by Crippen LogP contribution is 2.27. The van der Waals surface area contributed by atoms with Crippen LogP contribution in [0.1, 0.15) is 15.9 Å². The molecule has 6 nitrogen and oxygen atoms in total. The van der Waals surface area contributed by atoms with Crippen LogP contribution in [-0.4, -0.2) is 38.2 Å². The molecule has 1 aromatic carbocycles. The van der Waals surface area contributed by atoms with Crippen LogP contribution < -0.4 is 20.1 Å². The molecule has 122 valence electrons. The minimum Gasteiger partial charge on any atom is -0.493 e. The molecule has 0 radical (unpaired) electrons. The maximum Gasteiger partial charge on any atom is 0.251 e. The van der Waals surface area contributed by atoms with Gasteiger partial charge in [0.15, 0.2) is 11.5 Å². The molecule has 0 aliphatic rings. The normalized spacial score (nSPS) is 10.2. The van der Waals surface area contributed by atoms with Crippen molar-refractivity contribution in [1.29, 1.82) is 0 Å². The molecule has 23 heavy (non-hydrogen) atoms. The van der Waals surface area contributed by atoms with Crippen molar-refractivity contribution in [1.82, 2.24) is 15.6 Å². The standard InChI is InChI=1S/C17H21N3O3/c1-22-15-4-3-13(11-16(15)23-2)12-19-9-10-20-17(21)14-5-7-18-8-6-14/h3-8,11,19H,9-10,12H2,1-2H3,(H,20,21). The predicted molar refractivity (Wildman–Crippen MR) is 87.8 cm³/mol. The van der Waals surface area contributed by atoms with Crippen molar-refractivity contribution in [2.24, 2.45) is 0 Å². The number of rotatable bonds is 8. The van der Waals surface area contributed by atoms with Crippen LogP contribution in [0.2, 0.25) is 0 Å². The second-order valence-corrected chi connectivity index (χ2v) is 4.86. The van der Waals surface area contributed by atoms with Crippen LogP contribution in [0.5, 0.6) is 11.5 Å². The van der Waals surface area contributed by atoms with E-state index in [0.717, 1.165) is 5.56 Å². The number of nitrogens with one attached hydrogen (secondary N) is 2. The molecule has 0 atom stereocenters. The lowest BCUT2D eigenvalue weighted by Gasteiger charge is -2.10. The van der Waals surface area contributed by atoms with Crippen LogP contribution in [0.3, 0.4) is 0 Å². The maximum absolute atomic E-state index is 11.8. The van der Waals surface area contributed by atoms with Crippen molar-refractivity contribution in [2.45, 2.75) is 6.54 Å². The summed E-state index contributed by atoms with van der Waals surface area (Å²) < 4.78 is 10.5. The first kappa shape index (κ1) is 16.8. The van der Waals surface area contributed by atoms with Gasteiger partial charge in [-0.25, -0.2) is 0 Å². The summed E-state index contributed by atoms with van der Waals surface area (Å²) in [5, 5.41) is 6.13. The Hall–Kier alpha value is -2.60. The van der Waals surface area contributed by atoms with Gasteiger partial charge < -0.3 is 20.1 Å². The Balaban J connectivity index is 1.72. The van der Waals surface area contributed by atoms with Crippen LogP contribution in [-0.2, 0) is 6.54 Å². The first-order chi connectivity index (χ1) is 11.2. The molecule has 2 N–H and O–H groups in total. The smallest absolute Gasteiger partial charge is 0.251 e. The number of hydrogen-bond acceptors (Lipinski definition) is 5. The van der Waals surface area contributed by atoms with Crippen LogP contribution in [0.15, 0.2) is 42.7 Å². The van der Waals surface area contributed by atoms with Crippen LogP contribution >= 0.6 is 0 Å². The molecule has 2 aromatic rings. The summed E-state index contributed by atoms with van der Waals surface area (Å²) in [6, 6.07) is 9.16. The van der Waals surface area contributed by atoms with Crippen molar-refractivity contribution in [3.8, 4) is 11.5 Å². The molecule has 0 unspecified atom stereocenters. The Morgan fingerprint density at radius 1 is 1.04 bits per heavy atom. The highest BCUT2D eigenvalue weighted by atomic mass is 16.5. The first-order valence-electron chi connectivity index (χ1n) is 7.34. The van der Waals surface area contributed by atoms with Crippen molar-refractivity contribution < 1.29 is 14.3 Å². The van der Waals surface area contributed by atoms with Gasteiger partial charge >= 0.3 is 0 Å². The summed E-state index contributed by atoms with van der Waals surface area (Å²) in [7, 11) is 3.23. The molecule has 1 amide bonds. The van der Waals surface area contributed by atoms with E-state index in [4.69, 9.17) is 9.47 Å². The Labute approximate surface area is 135 Å². The molecule has 0 spiro atoms. The lowest BCUT2D eigenvalue weighted by molar-refractivity contribution is 0.0954. The monoisotopic (exact) mass is 315 g/mol. The number of methoxy groups -OCH3 is 2. The molecular weight excluding hydrogens is 294 g/mol. The van der Waals surface area contributed by atoms with E-state index in [0.29, 0.717) is 36.7 Å². The zero-order valence-corrected chi connectivity index (χ0v) is 13.3. The Morgan fingerprint density at radius 2 is 1.78 bits per heavy atom. The molecule has 0 bridgehead atoms. The van der Waals surface area contributed by atoms with E-state index in [1.165, 1.54) is 0 Å². The van der Waals surface area contributed by atoms with Crippen LogP contribution in [0.25, 0.3) is 0 Å². The topological polar surface area (TPSA) is 72.5 Å². The van der Waals surface area contributed by atoms with Crippen molar-refractivity contribution in [3.63, 3.8) is 0 Å². The summed E-state index contributed by atoms with van der Waals surface area (Å²) in [6.07, 6.45) is 3.20. The van der Waals surface area contributed by atoms with Gasteiger partial charge in [-0.2, -0.15) is 0 Å². The van der Waals surface area contributed by atoms with E-state index in [1.54, 1.807) is 38.7 Å². The number of pyridine rings is 1. The Bertz CT molecular complexity index is 632. The predicted octanol–water partition coefficient (Wildman–Crippen LogP) is 1.62. The minimum atomic E-state index is -0.0969. The third-order valence-corrected chi connectivity index (χ3v) is 3.31. The fourth-order valence-corrected chi connectivity index (χ4v) is 2.09.